The molecule has 0 fully saturated rings. The van der Waals surface area contributed by atoms with Crippen molar-refractivity contribution in [2.45, 2.75) is 6.54 Å². The molecule has 0 radical (unpaired) electrons. The third-order valence-corrected chi connectivity index (χ3v) is 6.33. The first-order valence-electron chi connectivity index (χ1n) is 9.97. The van der Waals surface area contributed by atoms with Crippen molar-refractivity contribution in [1.82, 2.24) is 4.57 Å². The van der Waals surface area contributed by atoms with E-state index in [1.807, 2.05) is 36.4 Å². The molecular weight excluding hydrogens is 444 g/mol. The molecule has 1 heterocycles. The van der Waals surface area contributed by atoms with E-state index < -0.39 is 11.9 Å². The second-order valence-electron chi connectivity index (χ2n) is 7.01. The van der Waals surface area contributed by atoms with Crippen LogP contribution in [0.25, 0.3) is 21.0 Å². The van der Waals surface area contributed by atoms with Crippen LogP contribution in [0.4, 0.5) is 0 Å². The number of nitrogens with zero attached hydrogens (tertiary/aromatic N) is 2. The molecule has 33 heavy (non-hydrogen) atoms. The Balaban J connectivity index is 1.92. The maximum Gasteiger partial charge on any atom is 0.325 e. The number of carbonyl (C=O) groups excluding carboxylic acids is 2. The zero-order valence-electron chi connectivity index (χ0n) is 18.6. The largest absolute Gasteiger partial charge is 0.493 e. The second kappa shape index (κ2) is 9.33. The summed E-state index contributed by atoms with van der Waals surface area (Å²) in [6.07, 6.45) is 0. The zero-order chi connectivity index (χ0) is 23.5. The van der Waals surface area contributed by atoms with Gasteiger partial charge in [-0.2, -0.15) is 4.99 Å². The first-order valence-corrected chi connectivity index (χ1v) is 10.8. The van der Waals surface area contributed by atoms with Gasteiger partial charge >= 0.3 is 5.97 Å². The third-order valence-electron chi connectivity index (χ3n) is 5.20. The molecule has 0 saturated heterocycles. The van der Waals surface area contributed by atoms with Crippen LogP contribution < -0.4 is 19.0 Å². The van der Waals surface area contributed by atoms with Gasteiger partial charge in [-0.15, -0.1) is 0 Å². The molecule has 0 N–H and O–H groups in total. The quantitative estimate of drug-likeness (QED) is 0.402. The summed E-state index contributed by atoms with van der Waals surface area (Å²) in [5, 5.41) is 2.07. The number of esters is 1. The van der Waals surface area contributed by atoms with Crippen LogP contribution in [0.15, 0.2) is 53.5 Å². The van der Waals surface area contributed by atoms with Gasteiger partial charge in [-0.1, -0.05) is 41.7 Å². The molecule has 0 spiro atoms. The summed E-state index contributed by atoms with van der Waals surface area (Å²) in [7, 11) is 5.77. The van der Waals surface area contributed by atoms with Crippen LogP contribution in [0.3, 0.4) is 0 Å². The van der Waals surface area contributed by atoms with E-state index in [2.05, 4.69) is 4.99 Å². The molecular formula is C24H22N2O6S. The number of rotatable bonds is 6. The first-order chi connectivity index (χ1) is 16.0. The van der Waals surface area contributed by atoms with Crippen LogP contribution in [0.1, 0.15) is 10.4 Å². The van der Waals surface area contributed by atoms with E-state index in [-0.39, 0.29) is 12.1 Å². The Morgan fingerprint density at radius 1 is 0.939 bits per heavy atom. The fourth-order valence-electron chi connectivity index (χ4n) is 3.59. The van der Waals surface area contributed by atoms with E-state index in [1.165, 1.54) is 39.8 Å². The van der Waals surface area contributed by atoms with E-state index in [0.717, 1.165) is 21.0 Å². The van der Waals surface area contributed by atoms with Crippen molar-refractivity contribution in [1.29, 1.82) is 0 Å². The first kappa shape index (κ1) is 22.3. The third kappa shape index (κ3) is 4.14. The number of aromatic nitrogens is 1. The number of ether oxygens (including phenoxy) is 4. The van der Waals surface area contributed by atoms with Crippen molar-refractivity contribution >= 4 is 44.2 Å². The lowest BCUT2D eigenvalue weighted by Crippen LogP contribution is -2.22. The van der Waals surface area contributed by atoms with Gasteiger partial charge in [0.05, 0.1) is 38.7 Å². The van der Waals surface area contributed by atoms with Gasteiger partial charge in [0, 0.05) is 10.9 Å². The number of fused-ring (bicyclic) bond motifs is 3. The van der Waals surface area contributed by atoms with E-state index in [4.69, 9.17) is 18.9 Å². The van der Waals surface area contributed by atoms with Gasteiger partial charge in [-0.3, -0.25) is 9.59 Å². The van der Waals surface area contributed by atoms with Gasteiger partial charge in [0.1, 0.15) is 6.54 Å². The molecule has 0 aliphatic heterocycles. The zero-order valence-corrected chi connectivity index (χ0v) is 19.4. The molecule has 8 nitrogen and oxygen atoms in total. The summed E-state index contributed by atoms with van der Waals surface area (Å²) in [5.74, 6) is 0.124. The van der Waals surface area contributed by atoms with Crippen molar-refractivity contribution in [2.75, 3.05) is 28.4 Å². The number of amides is 1. The van der Waals surface area contributed by atoms with E-state index in [1.54, 1.807) is 16.7 Å². The maximum absolute atomic E-state index is 13.2. The summed E-state index contributed by atoms with van der Waals surface area (Å²) >= 11 is 1.34. The highest BCUT2D eigenvalue weighted by Gasteiger charge is 2.18. The van der Waals surface area contributed by atoms with Crippen molar-refractivity contribution in [3.8, 4) is 17.2 Å². The summed E-state index contributed by atoms with van der Waals surface area (Å²) in [6, 6.07) is 14.9. The molecule has 170 valence electrons. The van der Waals surface area contributed by atoms with Gasteiger partial charge in [0.25, 0.3) is 5.91 Å². The maximum atomic E-state index is 13.2. The van der Waals surface area contributed by atoms with Gasteiger partial charge in [0.2, 0.25) is 5.75 Å². The average Bonchev–Trinajstić information content (AvgIpc) is 3.19. The van der Waals surface area contributed by atoms with Gasteiger partial charge in [-0.05, 0) is 23.6 Å². The monoisotopic (exact) mass is 466 g/mol. The highest BCUT2D eigenvalue weighted by Crippen LogP contribution is 2.38. The molecule has 3 aromatic carbocycles. The Labute approximate surface area is 193 Å². The van der Waals surface area contributed by atoms with Crippen LogP contribution in [0, 0.1) is 0 Å². The smallest absolute Gasteiger partial charge is 0.325 e. The summed E-state index contributed by atoms with van der Waals surface area (Å²) < 4.78 is 23.5. The van der Waals surface area contributed by atoms with Gasteiger partial charge in [0.15, 0.2) is 16.3 Å². The SMILES string of the molecule is COC(=O)Cn1c(=NC(=O)c2cc(OC)c(OC)c(OC)c2)sc2c3ccccc3ccc21. The Morgan fingerprint density at radius 2 is 1.64 bits per heavy atom. The molecule has 1 aromatic heterocycles. The highest BCUT2D eigenvalue weighted by molar-refractivity contribution is 7.17. The minimum atomic E-state index is -0.510. The van der Waals surface area contributed by atoms with Crippen molar-refractivity contribution in [3.05, 3.63) is 58.9 Å². The lowest BCUT2D eigenvalue weighted by Gasteiger charge is -2.12. The number of benzene rings is 3. The molecule has 0 aliphatic rings. The molecule has 0 saturated carbocycles. The minimum Gasteiger partial charge on any atom is -0.493 e. The molecule has 0 bridgehead atoms. The predicted octanol–water partition coefficient (Wildman–Crippen LogP) is 3.80. The van der Waals surface area contributed by atoms with E-state index >= 15 is 0 Å². The van der Waals surface area contributed by atoms with E-state index in [9.17, 15) is 9.59 Å². The Morgan fingerprint density at radius 3 is 2.27 bits per heavy atom. The van der Waals surface area contributed by atoms with Crippen LogP contribution >= 0.6 is 11.3 Å². The molecule has 0 atom stereocenters. The van der Waals surface area contributed by atoms with Crippen LogP contribution in [0.2, 0.25) is 0 Å². The Kier molecular flexibility index (Phi) is 6.32. The predicted molar refractivity (Wildman–Crippen MR) is 125 cm³/mol. The van der Waals surface area contributed by atoms with Gasteiger partial charge < -0.3 is 23.5 Å². The number of methoxy groups -OCH3 is 4. The number of thiazole rings is 1. The van der Waals surface area contributed by atoms with Crippen molar-refractivity contribution < 1.29 is 28.5 Å². The number of carbonyl (C=O) groups is 2. The van der Waals surface area contributed by atoms with E-state index in [0.29, 0.717) is 22.0 Å². The minimum absolute atomic E-state index is 0.0732. The van der Waals surface area contributed by atoms with Crippen LogP contribution in [0.5, 0.6) is 17.2 Å². The highest BCUT2D eigenvalue weighted by atomic mass is 32.1. The lowest BCUT2D eigenvalue weighted by atomic mass is 10.1. The Hall–Kier alpha value is -3.85. The fourth-order valence-corrected chi connectivity index (χ4v) is 4.75. The van der Waals surface area contributed by atoms with Crippen LogP contribution in [-0.4, -0.2) is 44.9 Å². The molecule has 1 amide bonds. The summed E-state index contributed by atoms with van der Waals surface area (Å²) in [6.45, 7) is -0.0732. The standard InChI is InChI=1S/C24H22N2O6S/c1-29-18-11-15(12-19(30-2)21(18)32-4)23(28)25-24-26(13-20(27)31-3)17-10-9-14-7-5-6-8-16(14)22(17)33-24/h5-12H,13H2,1-4H3. The molecule has 4 rings (SSSR count). The molecule has 4 aromatic rings. The summed E-state index contributed by atoms with van der Waals surface area (Å²) in [4.78, 5) is 30.0. The Bertz CT molecular complexity index is 1410. The summed E-state index contributed by atoms with van der Waals surface area (Å²) in [5.41, 5.74) is 1.05. The second-order valence-corrected chi connectivity index (χ2v) is 7.99. The molecule has 0 aliphatic carbocycles. The van der Waals surface area contributed by atoms with Crippen molar-refractivity contribution in [2.24, 2.45) is 4.99 Å². The number of hydrogen-bond acceptors (Lipinski definition) is 7. The number of hydrogen-bond donors (Lipinski definition) is 0. The van der Waals surface area contributed by atoms with Crippen molar-refractivity contribution in [3.63, 3.8) is 0 Å². The lowest BCUT2D eigenvalue weighted by molar-refractivity contribution is -0.141. The normalized spacial score (nSPS) is 11.6. The average molecular weight is 467 g/mol. The van der Waals surface area contributed by atoms with Crippen LogP contribution in [-0.2, 0) is 16.1 Å². The topological polar surface area (TPSA) is 88.4 Å². The fraction of sp³-hybridized carbons (Fsp3) is 0.208. The molecule has 0 unspecified atom stereocenters. The molecule has 9 heteroatoms. The van der Waals surface area contributed by atoms with Gasteiger partial charge in [-0.25, -0.2) is 0 Å².